The van der Waals surface area contributed by atoms with E-state index < -0.39 is 0 Å². The Morgan fingerprint density at radius 1 is 1.25 bits per heavy atom. The first-order chi connectivity index (χ1) is 9.65. The van der Waals surface area contributed by atoms with Gasteiger partial charge in [0, 0.05) is 24.7 Å². The van der Waals surface area contributed by atoms with Gasteiger partial charge in [-0.25, -0.2) is 0 Å². The van der Waals surface area contributed by atoms with Crippen LogP contribution in [0.15, 0.2) is 22.7 Å². The number of carbonyl (C=O) groups is 1. The van der Waals surface area contributed by atoms with Gasteiger partial charge in [0.15, 0.2) is 0 Å². The minimum absolute atomic E-state index is 0.0443. The van der Waals surface area contributed by atoms with Crippen molar-refractivity contribution in [2.45, 2.75) is 19.8 Å². The molecule has 0 bridgehead atoms. The topological polar surface area (TPSA) is 47.6 Å². The maximum atomic E-state index is 12.0. The maximum Gasteiger partial charge on any atom is 0.252 e. The number of carbonyl (C=O) groups excluding carboxylic acids is 1. The van der Waals surface area contributed by atoms with Gasteiger partial charge in [0.2, 0.25) is 0 Å². The predicted octanol–water partition coefficient (Wildman–Crippen LogP) is 2.93. The van der Waals surface area contributed by atoms with Crippen molar-refractivity contribution >= 4 is 21.8 Å². The van der Waals surface area contributed by atoms with Crippen LogP contribution in [0.1, 0.15) is 28.8 Å². The molecule has 0 saturated heterocycles. The Labute approximate surface area is 129 Å². The number of nitrogens with one attached hydrogen (secondary N) is 1. The van der Waals surface area contributed by atoms with Crippen molar-refractivity contribution in [1.29, 1.82) is 0 Å². The third-order valence-corrected chi connectivity index (χ3v) is 3.46. The molecule has 1 rings (SSSR count). The second-order valence-corrected chi connectivity index (χ2v) is 5.41. The quantitative estimate of drug-likeness (QED) is 0.701. The van der Waals surface area contributed by atoms with Crippen LogP contribution in [-0.2, 0) is 9.47 Å². The highest BCUT2D eigenvalue weighted by atomic mass is 79.9. The van der Waals surface area contributed by atoms with Crippen molar-refractivity contribution in [1.82, 2.24) is 5.32 Å². The summed E-state index contributed by atoms with van der Waals surface area (Å²) in [6.07, 6.45) is 1.83. The van der Waals surface area contributed by atoms with Crippen molar-refractivity contribution in [3.63, 3.8) is 0 Å². The zero-order valence-electron chi connectivity index (χ0n) is 12.1. The maximum absolute atomic E-state index is 12.0. The molecule has 0 aromatic heterocycles. The largest absolute Gasteiger partial charge is 0.382 e. The summed E-state index contributed by atoms with van der Waals surface area (Å²) in [6.45, 7) is 4.60. The normalized spacial score (nSPS) is 10.6. The van der Waals surface area contributed by atoms with Gasteiger partial charge >= 0.3 is 0 Å². The zero-order chi connectivity index (χ0) is 14.8. The SMILES string of the molecule is COCCOCCCCNC(=O)c1ccc(C)cc1Br. The molecule has 1 N–H and O–H groups in total. The standard InChI is InChI=1S/C15H22BrNO3/c1-12-5-6-13(14(16)11-12)15(18)17-7-3-4-8-20-10-9-19-2/h5-6,11H,3-4,7-10H2,1-2H3,(H,17,18). The van der Waals surface area contributed by atoms with Gasteiger partial charge < -0.3 is 14.8 Å². The number of amides is 1. The van der Waals surface area contributed by atoms with Gasteiger partial charge in [0.1, 0.15) is 0 Å². The van der Waals surface area contributed by atoms with Crippen LogP contribution in [-0.4, -0.2) is 39.4 Å². The third kappa shape index (κ3) is 6.50. The van der Waals surface area contributed by atoms with Crippen molar-refractivity contribution in [3.05, 3.63) is 33.8 Å². The van der Waals surface area contributed by atoms with Gasteiger partial charge in [-0.1, -0.05) is 6.07 Å². The van der Waals surface area contributed by atoms with Crippen molar-refractivity contribution in [3.8, 4) is 0 Å². The van der Waals surface area contributed by atoms with E-state index in [9.17, 15) is 4.79 Å². The van der Waals surface area contributed by atoms with Crippen LogP contribution in [0.5, 0.6) is 0 Å². The molecule has 0 spiro atoms. The minimum Gasteiger partial charge on any atom is -0.382 e. The van der Waals surface area contributed by atoms with Crippen molar-refractivity contribution in [2.75, 3.05) is 33.5 Å². The predicted molar refractivity (Wildman–Crippen MR) is 83.1 cm³/mol. The molecule has 1 aromatic rings. The summed E-state index contributed by atoms with van der Waals surface area (Å²) in [5.41, 5.74) is 1.80. The zero-order valence-corrected chi connectivity index (χ0v) is 13.7. The highest BCUT2D eigenvalue weighted by Gasteiger charge is 2.08. The number of methoxy groups -OCH3 is 1. The van der Waals surface area contributed by atoms with E-state index in [1.807, 2.05) is 25.1 Å². The van der Waals surface area contributed by atoms with Gasteiger partial charge in [-0.05, 0) is 53.4 Å². The van der Waals surface area contributed by atoms with Gasteiger partial charge in [0.05, 0.1) is 18.8 Å². The number of halogens is 1. The summed E-state index contributed by atoms with van der Waals surface area (Å²) in [5, 5.41) is 2.91. The number of ether oxygens (including phenoxy) is 2. The van der Waals surface area contributed by atoms with Gasteiger partial charge in [-0.3, -0.25) is 4.79 Å². The van der Waals surface area contributed by atoms with E-state index in [-0.39, 0.29) is 5.91 Å². The second kappa shape index (κ2) is 9.91. The molecule has 112 valence electrons. The smallest absolute Gasteiger partial charge is 0.252 e. The number of hydrogen-bond donors (Lipinski definition) is 1. The molecular weight excluding hydrogens is 322 g/mol. The molecular formula is C15H22BrNO3. The fourth-order valence-corrected chi connectivity index (χ4v) is 2.35. The fraction of sp³-hybridized carbons (Fsp3) is 0.533. The molecule has 0 saturated carbocycles. The monoisotopic (exact) mass is 343 g/mol. The number of rotatable bonds is 9. The molecule has 0 unspecified atom stereocenters. The number of aryl methyl sites for hydroxylation is 1. The first-order valence-corrected chi connectivity index (χ1v) is 7.55. The van der Waals surface area contributed by atoms with E-state index in [1.54, 1.807) is 7.11 Å². The Bertz CT molecular complexity index is 424. The molecule has 0 heterocycles. The van der Waals surface area contributed by atoms with E-state index >= 15 is 0 Å². The van der Waals surface area contributed by atoms with Crippen LogP contribution in [0.3, 0.4) is 0 Å². The van der Waals surface area contributed by atoms with Gasteiger partial charge in [0.25, 0.3) is 5.91 Å². The van der Waals surface area contributed by atoms with E-state index in [4.69, 9.17) is 9.47 Å². The molecule has 20 heavy (non-hydrogen) atoms. The summed E-state index contributed by atoms with van der Waals surface area (Å²) < 4.78 is 11.1. The van der Waals surface area contributed by atoms with E-state index in [0.29, 0.717) is 31.9 Å². The summed E-state index contributed by atoms with van der Waals surface area (Å²) in [4.78, 5) is 12.0. The molecule has 0 aliphatic rings. The van der Waals surface area contributed by atoms with E-state index in [2.05, 4.69) is 21.2 Å². The molecule has 1 aromatic carbocycles. The Morgan fingerprint density at radius 2 is 2.05 bits per heavy atom. The van der Waals surface area contributed by atoms with Crippen molar-refractivity contribution < 1.29 is 14.3 Å². The minimum atomic E-state index is -0.0443. The lowest BCUT2D eigenvalue weighted by atomic mass is 10.1. The Balaban J connectivity index is 2.17. The lowest BCUT2D eigenvalue weighted by Gasteiger charge is -2.08. The van der Waals surface area contributed by atoms with Crippen LogP contribution >= 0.6 is 15.9 Å². The fourth-order valence-electron chi connectivity index (χ4n) is 1.67. The van der Waals surface area contributed by atoms with E-state index in [1.165, 1.54) is 0 Å². The van der Waals surface area contributed by atoms with E-state index in [0.717, 1.165) is 22.9 Å². The lowest BCUT2D eigenvalue weighted by molar-refractivity contribution is 0.0686. The lowest BCUT2D eigenvalue weighted by Crippen LogP contribution is -2.25. The summed E-state index contributed by atoms with van der Waals surface area (Å²) >= 11 is 3.41. The average molecular weight is 344 g/mol. The van der Waals surface area contributed by atoms with Crippen LogP contribution in [0.2, 0.25) is 0 Å². The highest BCUT2D eigenvalue weighted by molar-refractivity contribution is 9.10. The number of benzene rings is 1. The summed E-state index contributed by atoms with van der Waals surface area (Å²) in [5.74, 6) is -0.0443. The molecule has 0 aliphatic heterocycles. The second-order valence-electron chi connectivity index (χ2n) is 4.55. The van der Waals surface area contributed by atoms with Crippen LogP contribution < -0.4 is 5.32 Å². The highest BCUT2D eigenvalue weighted by Crippen LogP contribution is 2.18. The first-order valence-electron chi connectivity index (χ1n) is 6.76. The third-order valence-electron chi connectivity index (χ3n) is 2.80. The van der Waals surface area contributed by atoms with Gasteiger partial charge in [-0.2, -0.15) is 0 Å². The summed E-state index contributed by atoms with van der Waals surface area (Å²) in [7, 11) is 1.65. The molecule has 4 nitrogen and oxygen atoms in total. The Morgan fingerprint density at radius 3 is 2.75 bits per heavy atom. The van der Waals surface area contributed by atoms with Gasteiger partial charge in [-0.15, -0.1) is 0 Å². The molecule has 0 radical (unpaired) electrons. The number of hydrogen-bond acceptors (Lipinski definition) is 3. The first kappa shape index (κ1) is 17.1. The molecule has 0 aliphatic carbocycles. The van der Waals surface area contributed by atoms with Crippen LogP contribution in [0.4, 0.5) is 0 Å². The average Bonchev–Trinajstić information content (AvgIpc) is 2.41. The van der Waals surface area contributed by atoms with Crippen LogP contribution in [0, 0.1) is 6.92 Å². The van der Waals surface area contributed by atoms with Crippen LogP contribution in [0.25, 0.3) is 0 Å². The van der Waals surface area contributed by atoms with Crippen molar-refractivity contribution in [2.24, 2.45) is 0 Å². The molecule has 0 atom stereocenters. The Hall–Kier alpha value is -0.910. The molecule has 0 fully saturated rings. The molecule has 5 heteroatoms. The summed E-state index contributed by atoms with van der Waals surface area (Å²) in [6, 6.07) is 5.71. The molecule has 1 amide bonds. The Kier molecular flexibility index (Phi) is 8.49. The number of unbranched alkanes of at least 4 members (excludes halogenated alkanes) is 1.